The number of nitro benzene ring substituents is 1. The molecule has 1 aromatic carbocycles. The number of carbonyl (C=O) groups is 1. The van der Waals surface area contributed by atoms with Gasteiger partial charge in [0, 0.05) is 36.2 Å². The molecule has 0 spiro atoms. The lowest BCUT2D eigenvalue weighted by molar-refractivity contribution is -0.386. The minimum atomic E-state index is -0.863. The average molecular weight is 321 g/mol. The van der Waals surface area contributed by atoms with Crippen molar-refractivity contribution in [2.45, 2.75) is 11.6 Å². The van der Waals surface area contributed by atoms with Crippen molar-refractivity contribution in [2.24, 2.45) is 0 Å². The van der Waals surface area contributed by atoms with Gasteiger partial charge in [-0.25, -0.2) is 9.97 Å². The second kappa shape index (κ2) is 6.85. The number of hydrogen-bond acceptors (Lipinski definition) is 8. The van der Waals surface area contributed by atoms with E-state index in [1.807, 2.05) is 0 Å². The number of carbonyl (C=O) groups excluding carboxylic acids is 1. The summed E-state index contributed by atoms with van der Waals surface area (Å²) in [6.07, 6.45) is 3.25. The molecule has 0 radical (unpaired) electrons. The highest BCUT2D eigenvalue weighted by Crippen LogP contribution is 2.36. The third-order valence-corrected chi connectivity index (χ3v) is 3.57. The van der Waals surface area contributed by atoms with Gasteiger partial charge in [-0.15, -0.1) is 0 Å². The van der Waals surface area contributed by atoms with E-state index < -0.39 is 22.1 Å². The molecule has 0 unspecified atom stereocenters. The summed E-state index contributed by atoms with van der Waals surface area (Å²) >= 11 is 1.27. The van der Waals surface area contributed by atoms with Crippen molar-refractivity contribution in [1.82, 2.24) is 9.97 Å². The van der Waals surface area contributed by atoms with Gasteiger partial charge in [0.15, 0.2) is 16.7 Å². The van der Waals surface area contributed by atoms with E-state index in [-0.39, 0.29) is 17.8 Å². The molecule has 0 atom stereocenters. The molecule has 22 heavy (non-hydrogen) atoms. The van der Waals surface area contributed by atoms with Crippen LogP contribution in [-0.4, -0.2) is 36.6 Å². The van der Waals surface area contributed by atoms with Crippen molar-refractivity contribution in [2.75, 3.05) is 5.75 Å². The van der Waals surface area contributed by atoms with Crippen LogP contribution in [0.3, 0.4) is 0 Å². The maximum absolute atomic E-state index is 12.0. The molecule has 0 aliphatic carbocycles. The second-order valence-corrected chi connectivity index (χ2v) is 5.24. The zero-order chi connectivity index (χ0) is 16.1. The van der Waals surface area contributed by atoms with Crippen LogP contribution in [0, 0.1) is 10.1 Å². The predicted octanol–water partition coefficient (Wildman–Crippen LogP) is 2.16. The van der Waals surface area contributed by atoms with Crippen LogP contribution in [0.15, 0.2) is 35.7 Å². The van der Waals surface area contributed by atoms with Gasteiger partial charge in [0.25, 0.3) is 0 Å². The molecule has 0 saturated carbocycles. The number of aromatic nitrogens is 2. The molecule has 0 saturated heterocycles. The number of thioether (sulfide) groups is 1. The van der Waals surface area contributed by atoms with E-state index in [2.05, 4.69) is 9.97 Å². The van der Waals surface area contributed by atoms with Crippen molar-refractivity contribution >= 4 is 23.2 Å². The molecule has 1 aromatic heterocycles. The molecule has 2 N–H and O–H groups in total. The lowest BCUT2D eigenvalue weighted by Crippen LogP contribution is -2.02. The Morgan fingerprint density at radius 2 is 1.95 bits per heavy atom. The van der Waals surface area contributed by atoms with Gasteiger partial charge in [-0.1, -0.05) is 11.8 Å². The maximum Gasteiger partial charge on any atom is 0.315 e. The molecular weight excluding hydrogens is 310 g/mol. The molecule has 0 fully saturated rings. The number of benzene rings is 1. The molecule has 1 heterocycles. The van der Waals surface area contributed by atoms with Crippen LogP contribution in [0.25, 0.3) is 0 Å². The lowest BCUT2D eigenvalue weighted by atomic mass is 10.1. The molecule has 0 aliphatic rings. The Labute approximate surface area is 129 Å². The summed E-state index contributed by atoms with van der Waals surface area (Å²) in [6, 6.07) is 3.63. The number of phenols is 2. The second-order valence-electron chi connectivity index (χ2n) is 4.17. The van der Waals surface area contributed by atoms with Gasteiger partial charge >= 0.3 is 5.69 Å². The van der Waals surface area contributed by atoms with Crippen LogP contribution in [0.5, 0.6) is 11.5 Å². The number of nitro groups is 1. The molecule has 114 valence electrons. The normalized spacial score (nSPS) is 10.4. The first kappa shape index (κ1) is 15.7. The Hall–Kier alpha value is -2.68. The van der Waals surface area contributed by atoms with E-state index in [1.54, 1.807) is 18.5 Å². The lowest BCUT2D eigenvalue weighted by Gasteiger charge is -2.04. The molecular formula is C13H11N3O5S. The molecule has 9 heteroatoms. The zero-order valence-corrected chi connectivity index (χ0v) is 12.0. The quantitative estimate of drug-likeness (QED) is 0.207. The summed E-state index contributed by atoms with van der Waals surface area (Å²) < 4.78 is 0. The fourth-order valence-corrected chi connectivity index (χ4v) is 2.38. The average Bonchev–Trinajstić information content (AvgIpc) is 2.50. The van der Waals surface area contributed by atoms with Crippen LogP contribution in [0.1, 0.15) is 16.8 Å². The van der Waals surface area contributed by atoms with Crippen LogP contribution < -0.4 is 0 Å². The Balaban J connectivity index is 2.05. The monoisotopic (exact) mass is 321 g/mol. The van der Waals surface area contributed by atoms with Gasteiger partial charge in [0.2, 0.25) is 5.75 Å². The first-order valence-corrected chi connectivity index (χ1v) is 7.11. The van der Waals surface area contributed by atoms with Crippen molar-refractivity contribution in [3.05, 3.63) is 46.3 Å². The van der Waals surface area contributed by atoms with E-state index in [9.17, 15) is 25.1 Å². The van der Waals surface area contributed by atoms with Crippen LogP contribution in [-0.2, 0) is 0 Å². The Kier molecular flexibility index (Phi) is 4.89. The highest BCUT2D eigenvalue weighted by atomic mass is 32.2. The summed E-state index contributed by atoms with van der Waals surface area (Å²) in [6.45, 7) is 0. The van der Waals surface area contributed by atoms with Crippen LogP contribution in [0.2, 0.25) is 0 Å². The number of Topliss-reactive ketones (excluding diaryl/α,β-unsaturated/α-hetero) is 1. The summed E-state index contributed by atoms with van der Waals surface area (Å²) in [5.74, 6) is -1.55. The molecule has 0 amide bonds. The standard InChI is InChI=1S/C13H11N3O5S/c17-10(2-5-22-13-14-3-1-4-15-13)8-6-9(16(20)21)12(19)11(18)7-8/h1,3-4,6-7,18-19H,2,5H2. The Morgan fingerprint density at radius 1 is 1.27 bits per heavy atom. The minimum absolute atomic E-state index is 0.0309. The van der Waals surface area contributed by atoms with Gasteiger partial charge in [0.05, 0.1) is 4.92 Å². The molecule has 0 aliphatic heterocycles. The van der Waals surface area contributed by atoms with E-state index in [4.69, 9.17) is 0 Å². The van der Waals surface area contributed by atoms with E-state index in [0.29, 0.717) is 10.9 Å². The third kappa shape index (κ3) is 3.70. The largest absolute Gasteiger partial charge is 0.504 e. The van der Waals surface area contributed by atoms with Gasteiger partial charge in [-0.2, -0.15) is 0 Å². The summed E-state index contributed by atoms with van der Waals surface area (Å²) in [5.41, 5.74) is -0.737. The van der Waals surface area contributed by atoms with Gasteiger partial charge in [0.1, 0.15) is 0 Å². The number of hydrogen-bond donors (Lipinski definition) is 2. The third-order valence-electron chi connectivity index (χ3n) is 2.69. The number of ketones is 1. The van der Waals surface area contributed by atoms with Crippen molar-refractivity contribution < 1.29 is 19.9 Å². The molecule has 0 bridgehead atoms. The topological polar surface area (TPSA) is 126 Å². The number of rotatable bonds is 6. The fraction of sp³-hybridized carbons (Fsp3) is 0.154. The maximum atomic E-state index is 12.0. The number of phenolic OH excluding ortho intramolecular Hbond substituents is 2. The first-order valence-electron chi connectivity index (χ1n) is 6.12. The van der Waals surface area contributed by atoms with Crippen molar-refractivity contribution in [1.29, 1.82) is 0 Å². The van der Waals surface area contributed by atoms with Crippen LogP contribution in [0.4, 0.5) is 5.69 Å². The molecule has 2 rings (SSSR count). The van der Waals surface area contributed by atoms with Crippen LogP contribution >= 0.6 is 11.8 Å². The zero-order valence-electron chi connectivity index (χ0n) is 11.2. The predicted molar refractivity (Wildman–Crippen MR) is 78.1 cm³/mol. The molecule has 2 aromatic rings. The number of aromatic hydroxyl groups is 2. The Morgan fingerprint density at radius 3 is 2.59 bits per heavy atom. The van der Waals surface area contributed by atoms with E-state index >= 15 is 0 Å². The van der Waals surface area contributed by atoms with Gasteiger partial charge < -0.3 is 10.2 Å². The first-order chi connectivity index (χ1) is 10.5. The highest BCUT2D eigenvalue weighted by Gasteiger charge is 2.21. The highest BCUT2D eigenvalue weighted by molar-refractivity contribution is 7.99. The smallest absolute Gasteiger partial charge is 0.315 e. The molecule has 8 nitrogen and oxygen atoms in total. The van der Waals surface area contributed by atoms with E-state index in [1.165, 1.54) is 11.8 Å². The van der Waals surface area contributed by atoms with Crippen molar-refractivity contribution in [3.63, 3.8) is 0 Å². The Bertz CT molecular complexity index is 708. The summed E-state index contributed by atoms with van der Waals surface area (Å²) in [7, 11) is 0. The summed E-state index contributed by atoms with van der Waals surface area (Å²) in [5, 5.41) is 30.1. The SMILES string of the molecule is O=C(CCSc1ncccn1)c1cc(O)c(O)c([N+](=O)[O-])c1. The van der Waals surface area contributed by atoms with Gasteiger partial charge in [-0.3, -0.25) is 14.9 Å². The number of nitrogens with zero attached hydrogens (tertiary/aromatic N) is 3. The fourth-order valence-electron chi connectivity index (χ4n) is 1.64. The van der Waals surface area contributed by atoms with Gasteiger partial charge in [-0.05, 0) is 12.1 Å². The van der Waals surface area contributed by atoms with E-state index in [0.717, 1.165) is 12.1 Å². The summed E-state index contributed by atoms with van der Waals surface area (Å²) in [4.78, 5) is 29.9. The van der Waals surface area contributed by atoms with Crippen molar-refractivity contribution in [3.8, 4) is 11.5 Å². The minimum Gasteiger partial charge on any atom is -0.504 e.